The molecule has 36 heavy (non-hydrogen) atoms. The summed E-state index contributed by atoms with van der Waals surface area (Å²) in [7, 11) is 0. The van der Waals surface area contributed by atoms with Crippen molar-refractivity contribution in [3.05, 3.63) is 119 Å². The van der Waals surface area contributed by atoms with Gasteiger partial charge in [-0.25, -0.2) is 4.79 Å². The third kappa shape index (κ3) is 6.12. The summed E-state index contributed by atoms with van der Waals surface area (Å²) >= 11 is 0. The van der Waals surface area contributed by atoms with Crippen LogP contribution in [0.1, 0.15) is 22.3 Å². The van der Waals surface area contributed by atoms with Crippen molar-refractivity contribution in [2.75, 3.05) is 13.2 Å². The number of fused-ring (bicyclic) bond motifs is 1. The van der Waals surface area contributed by atoms with E-state index < -0.39 is 5.97 Å². The topological polar surface area (TPSA) is 59.0 Å². The average molecular weight is 480 g/mol. The molecule has 0 aliphatic carbocycles. The number of benzene rings is 4. The number of carboxylic acid groups (broad SMARTS) is 1. The summed E-state index contributed by atoms with van der Waals surface area (Å²) in [4.78, 5) is 13.1. The maximum absolute atomic E-state index is 10.6. The third-order valence-electron chi connectivity index (χ3n) is 6.40. The Kier molecular flexibility index (Phi) is 7.29. The van der Waals surface area contributed by atoms with Gasteiger partial charge in [-0.05, 0) is 76.2 Å². The molecule has 0 amide bonds. The van der Waals surface area contributed by atoms with Gasteiger partial charge in [-0.15, -0.1) is 0 Å². The summed E-state index contributed by atoms with van der Waals surface area (Å²) in [5.74, 6) is 0.204. The number of aliphatic carboxylic acids is 1. The van der Waals surface area contributed by atoms with Crippen LogP contribution in [0.4, 0.5) is 0 Å². The predicted molar refractivity (Wildman–Crippen MR) is 140 cm³/mol. The van der Waals surface area contributed by atoms with Crippen LogP contribution in [0.3, 0.4) is 0 Å². The van der Waals surface area contributed by atoms with Crippen LogP contribution >= 0.6 is 0 Å². The number of ether oxygens (including phenoxy) is 2. The van der Waals surface area contributed by atoms with E-state index in [1.807, 2.05) is 0 Å². The van der Waals surface area contributed by atoms with Gasteiger partial charge in [-0.3, -0.25) is 4.90 Å². The first kappa shape index (κ1) is 23.6. The molecule has 0 saturated heterocycles. The van der Waals surface area contributed by atoms with Gasteiger partial charge in [0, 0.05) is 19.6 Å². The Labute approximate surface area is 211 Å². The summed E-state index contributed by atoms with van der Waals surface area (Å²) in [6.45, 7) is 3.11. The second-order valence-electron chi connectivity index (χ2n) is 9.07. The van der Waals surface area contributed by atoms with Crippen LogP contribution in [0.25, 0.3) is 11.1 Å². The lowest BCUT2D eigenvalue weighted by atomic mass is 9.94. The first-order valence-corrected chi connectivity index (χ1v) is 12.2. The van der Waals surface area contributed by atoms with Crippen LogP contribution in [0.5, 0.6) is 11.5 Å². The molecule has 1 aliphatic heterocycles. The van der Waals surface area contributed by atoms with Gasteiger partial charge in [-0.2, -0.15) is 0 Å². The van der Waals surface area contributed by atoms with E-state index in [4.69, 9.17) is 14.6 Å². The quantitative estimate of drug-likeness (QED) is 0.321. The van der Waals surface area contributed by atoms with Crippen molar-refractivity contribution in [1.82, 2.24) is 4.90 Å². The molecular formula is C31H29NO4. The van der Waals surface area contributed by atoms with Gasteiger partial charge >= 0.3 is 5.97 Å². The molecule has 0 radical (unpaired) electrons. The molecule has 0 spiro atoms. The maximum Gasteiger partial charge on any atom is 0.341 e. The molecule has 5 rings (SSSR count). The standard InChI is InChI=1S/C31H29NO4/c33-31(34)22-36-30-13-11-29(12-14-30)35-21-24-7-4-8-26(17-24)27-10-9-25-15-16-32(20-28(25)18-27)19-23-5-2-1-3-6-23/h1-14,17-18H,15-16,19-22H2,(H,33,34). The summed E-state index contributed by atoms with van der Waals surface area (Å²) in [5, 5.41) is 8.72. The fourth-order valence-electron chi connectivity index (χ4n) is 4.56. The minimum Gasteiger partial charge on any atom is -0.489 e. The summed E-state index contributed by atoms with van der Waals surface area (Å²) in [6, 6.07) is 32.9. The SMILES string of the molecule is O=C(O)COc1ccc(OCc2cccc(-c3ccc4c(c3)CN(Cc3ccccc3)CC4)c2)cc1. The van der Waals surface area contributed by atoms with Crippen LogP contribution < -0.4 is 9.47 Å². The fourth-order valence-corrected chi connectivity index (χ4v) is 4.56. The van der Waals surface area contributed by atoms with Crippen LogP contribution in [-0.2, 0) is 30.9 Å². The second kappa shape index (κ2) is 11.1. The molecule has 0 aromatic heterocycles. The summed E-state index contributed by atoms with van der Waals surface area (Å²) < 4.78 is 11.1. The highest BCUT2D eigenvalue weighted by molar-refractivity contribution is 5.68. The van der Waals surface area contributed by atoms with Crippen molar-refractivity contribution < 1.29 is 19.4 Å². The molecule has 1 aliphatic rings. The lowest BCUT2D eigenvalue weighted by Crippen LogP contribution is -2.30. The Bertz CT molecular complexity index is 1320. The van der Waals surface area contributed by atoms with E-state index in [1.54, 1.807) is 24.3 Å². The minimum atomic E-state index is -1.00. The zero-order valence-electron chi connectivity index (χ0n) is 20.1. The van der Waals surface area contributed by atoms with E-state index in [0.717, 1.165) is 31.6 Å². The highest BCUT2D eigenvalue weighted by Gasteiger charge is 2.17. The molecule has 1 heterocycles. The van der Waals surface area contributed by atoms with Crippen molar-refractivity contribution in [1.29, 1.82) is 0 Å². The smallest absolute Gasteiger partial charge is 0.341 e. The van der Waals surface area contributed by atoms with Crippen LogP contribution in [0.2, 0.25) is 0 Å². The molecule has 4 aromatic rings. The largest absolute Gasteiger partial charge is 0.489 e. The van der Waals surface area contributed by atoms with Gasteiger partial charge in [0.1, 0.15) is 18.1 Å². The van der Waals surface area contributed by atoms with Crippen LogP contribution in [0.15, 0.2) is 97.1 Å². The van der Waals surface area contributed by atoms with Gasteiger partial charge in [0.25, 0.3) is 0 Å². The molecule has 0 unspecified atom stereocenters. The average Bonchev–Trinajstić information content (AvgIpc) is 2.91. The molecule has 5 heteroatoms. The van der Waals surface area contributed by atoms with E-state index in [9.17, 15) is 4.79 Å². The Morgan fingerprint density at radius 2 is 1.47 bits per heavy atom. The first-order valence-electron chi connectivity index (χ1n) is 12.2. The van der Waals surface area contributed by atoms with Gasteiger partial charge in [0.2, 0.25) is 0 Å². The van der Waals surface area contributed by atoms with Crippen molar-refractivity contribution in [2.24, 2.45) is 0 Å². The highest BCUT2D eigenvalue weighted by Crippen LogP contribution is 2.28. The van der Waals surface area contributed by atoms with Gasteiger partial charge in [0.05, 0.1) is 0 Å². The van der Waals surface area contributed by atoms with Gasteiger partial charge < -0.3 is 14.6 Å². The predicted octanol–water partition coefficient (Wildman–Crippen LogP) is 5.95. The molecule has 4 aromatic carbocycles. The van der Waals surface area contributed by atoms with Crippen molar-refractivity contribution in [3.8, 4) is 22.6 Å². The molecule has 0 atom stereocenters. The zero-order chi connectivity index (χ0) is 24.7. The van der Waals surface area contributed by atoms with Crippen molar-refractivity contribution in [3.63, 3.8) is 0 Å². The summed E-state index contributed by atoms with van der Waals surface area (Å²) in [6.07, 6.45) is 1.08. The highest BCUT2D eigenvalue weighted by atomic mass is 16.5. The molecule has 182 valence electrons. The van der Waals surface area contributed by atoms with E-state index in [1.165, 1.54) is 27.8 Å². The fraction of sp³-hybridized carbons (Fsp3) is 0.194. The molecule has 1 N–H and O–H groups in total. The monoisotopic (exact) mass is 479 g/mol. The lowest BCUT2D eigenvalue weighted by molar-refractivity contribution is -0.139. The van der Waals surface area contributed by atoms with Gasteiger partial charge in [-0.1, -0.05) is 60.7 Å². The van der Waals surface area contributed by atoms with E-state index >= 15 is 0 Å². The first-order chi connectivity index (χ1) is 17.6. The van der Waals surface area contributed by atoms with Crippen LogP contribution in [0, 0.1) is 0 Å². The molecule has 0 bridgehead atoms. The Morgan fingerprint density at radius 1 is 0.750 bits per heavy atom. The Hall–Kier alpha value is -4.09. The number of rotatable bonds is 9. The normalized spacial score (nSPS) is 13.1. The van der Waals surface area contributed by atoms with Crippen LogP contribution in [-0.4, -0.2) is 29.1 Å². The number of carbonyl (C=O) groups is 1. The van der Waals surface area contributed by atoms with Gasteiger partial charge in [0.15, 0.2) is 6.61 Å². The zero-order valence-corrected chi connectivity index (χ0v) is 20.1. The van der Waals surface area contributed by atoms with E-state index in [-0.39, 0.29) is 6.61 Å². The number of hydrogen-bond acceptors (Lipinski definition) is 4. The Morgan fingerprint density at radius 3 is 2.25 bits per heavy atom. The number of hydrogen-bond donors (Lipinski definition) is 1. The molecule has 0 saturated carbocycles. The minimum absolute atomic E-state index is 0.360. The molecule has 0 fully saturated rings. The second-order valence-corrected chi connectivity index (χ2v) is 9.07. The van der Waals surface area contributed by atoms with Crippen molar-refractivity contribution >= 4 is 5.97 Å². The molecule has 5 nitrogen and oxygen atoms in total. The van der Waals surface area contributed by atoms with E-state index in [2.05, 4.69) is 77.7 Å². The van der Waals surface area contributed by atoms with Crippen molar-refractivity contribution in [2.45, 2.75) is 26.1 Å². The third-order valence-corrected chi connectivity index (χ3v) is 6.40. The summed E-state index contributed by atoms with van der Waals surface area (Å²) in [5.41, 5.74) is 7.68. The molecular weight excluding hydrogens is 450 g/mol. The Balaban J connectivity index is 1.23. The van der Waals surface area contributed by atoms with E-state index in [0.29, 0.717) is 18.1 Å². The number of nitrogens with zero attached hydrogens (tertiary/aromatic N) is 1. The maximum atomic E-state index is 10.6. The number of carboxylic acids is 1. The lowest BCUT2D eigenvalue weighted by Gasteiger charge is -2.29.